The number of hydrogen-bond donors (Lipinski definition) is 0. The standard InChI is InChI=1S/C60H39NS/c1-3-17-42(18-4-1)58-52-26-10-9-25-50(52)51-37-34-45(39-54(51)59(58)43-19-5-2-6-20-43)44-22-13-23-47(38-44)61(55-29-15-31-57-60(55)53-27-11-12-30-56(53)62-57)46-35-32-41(33-36-46)49-28-14-21-40-16-7-8-24-48(40)49/h1-39H. The van der Waals surface area contributed by atoms with Crippen molar-refractivity contribution in [2.75, 3.05) is 4.90 Å². The van der Waals surface area contributed by atoms with Gasteiger partial charge in [0.1, 0.15) is 0 Å². The Morgan fingerprint density at radius 2 is 0.839 bits per heavy atom. The van der Waals surface area contributed by atoms with Crippen LogP contribution in [-0.2, 0) is 0 Å². The fourth-order valence-electron chi connectivity index (χ4n) is 9.64. The maximum atomic E-state index is 2.45. The monoisotopic (exact) mass is 805 g/mol. The van der Waals surface area contributed by atoms with Gasteiger partial charge in [0, 0.05) is 31.5 Å². The Morgan fingerprint density at radius 3 is 1.63 bits per heavy atom. The van der Waals surface area contributed by atoms with Crippen LogP contribution in [-0.4, -0.2) is 0 Å². The van der Waals surface area contributed by atoms with Gasteiger partial charge in [0.25, 0.3) is 0 Å². The number of fused-ring (bicyclic) bond motifs is 7. The molecule has 1 aromatic heterocycles. The minimum absolute atomic E-state index is 1.11. The summed E-state index contributed by atoms with van der Waals surface area (Å²) in [4.78, 5) is 2.45. The Kier molecular flexibility index (Phi) is 8.76. The summed E-state index contributed by atoms with van der Waals surface area (Å²) < 4.78 is 2.57. The summed E-state index contributed by atoms with van der Waals surface area (Å²) in [6.07, 6.45) is 0. The number of anilines is 3. The molecule has 0 aliphatic carbocycles. The summed E-state index contributed by atoms with van der Waals surface area (Å²) in [5.41, 5.74) is 13.1. The molecule has 11 aromatic carbocycles. The molecule has 0 saturated heterocycles. The van der Waals surface area contributed by atoms with Gasteiger partial charge in [-0.25, -0.2) is 0 Å². The van der Waals surface area contributed by atoms with Gasteiger partial charge in [-0.1, -0.05) is 188 Å². The maximum Gasteiger partial charge on any atom is 0.0554 e. The Bertz CT molecular complexity index is 3620. The first-order valence-electron chi connectivity index (χ1n) is 21.3. The fourth-order valence-corrected chi connectivity index (χ4v) is 10.8. The van der Waals surface area contributed by atoms with E-state index < -0.39 is 0 Å². The zero-order valence-electron chi connectivity index (χ0n) is 33.9. The molecule has 62 heavy (non-hydrogen) atoms. The largest absolute Gasteiger partial charge is 0.310 e. The molecule has 2 heteroatoms. The Morgan fingerprint density at radius 1 is 0.290 bits per heavy atom. The van der Waals surface area contributed by atoms with Gasteiger partial charge in [-0.15, -0.1) is 11.3 Å². The normalized spacial score (nSPS) is 11.5. The number of rotatable bonds is 7. The van der Waals surface area contributed by atoms with Crippen molar-refractivity contribution in [2.24, 2.45) is 0 Å². The predicted molar refractivity (Wildman–Crippen MR) is 268 cm³/mol. The topological polar surface area (TPSA) is 3.24 Å². The number of hydrogen-bond acceptors (Lipinski definition) is 2. The molecule has 1 heterocycles. The second-order valence-corrected chi connectivity index (χ2v) is 17.1. The van der Waals surface area contributed by atoms with Crippen LogP contribution >= 0.6 is 11.3 Å². The van der Waals surface area contributed by atoms with Crippen molar-refractivity contribution in [3.05, 3.63) is 237 Å². The zero-order chi connectivity index (χ0) is 41.0. The summed E-state index contributed by atoms with van der Waals surface area (Å²) in [7, 11) is 0. The molecule has 0 aliphatic rings. The highest BCUT2D eigenvalue weighted by molar-refractivity contribution is 7.26. The van der Waals surface area contributed by atoms with Crippen LogP contribution in [0.2, 0.25) is 0 Å². The van der Waals surface area contributed by atoms with Gasteiger partial charge in [-0.3, -0.25) is 0 Å². The van der Waals surface area contributed by atoms with Gasteiger partial charge in [0.05, 0.1) is 5.69 Å². The smallest absolute Gasteiger partial charge is 0.0554 e. The van der Waals surface area contributed by atoms with E-state index in [1.807, 2.05) is 11.3 Å². The quantitative estimate of drug-likeness (QED) is 0.145. The van der Waals surface area contributed by atoms with Crippen LogP contribution in [0.25, 0.3) is 97.0 Å². The van der Waals surface area contributed by atoms with Crippen LogP contribution in [0.4, 0.5) is 17.1 Å². The minimum atomic E-state index is 1.11. The molecule has 1 nitrogen and oxygen atoms in total. The average molecular weight is 806 g/mol. The number of benzene rings is 11. The molecular formula is C60H39NS. The SMILES string of the molecule is c1ccc(-c2c(-c3ccccc3)c3cc(-c4cccc(N(c5ccc(-c6cccc7ccccc67)cc5)c5cccc6sc7ccccc7c56)c4)ccc3c3ccccc23)cc1. The van der Waals surface area contributed by atoms with Crippen LogP contribution in [0.5, 0.6) is 0 Å². The van der Waals surface area contributed by atoms with Gasteiger partial charge < -0.3 is 4.90 Å². The summed E-state index contributed by atoms with van der Waals surface area (Å²) in [6, 6.07) is 86.8. The molecule has 290 valence electrons. The van der Waals surface area contributed by atoms with Crippen molar-refractivity contribution < 1.29 is 0 Å². The second kappa shape index (κ2) is 15.0. The Labute approximate surface area is 365 Å². The molecule has 0 atom stereocenters. The molecule has 0 saturated carbocycles. The predicted octanol–water partition coefficient (Wildman–Crippen LogP) is 17.7. The lowest BCUT2D eigenvalue weighted by Crippen LogP contribution is -2.10. The lowest BCUT2D eigenvalue weighted by atomic mass is 9.84. The highest BCUT2D eigenvalue weighted by Gasteiger charge is 2.21. The highest BCUT2D eigenvalue weighted by Crippen LogP contribution is 2.48. The minimum Gasteiger partial charge on any atom is -0.310 e. The van der Waals surface area contributed by atoms with Gasteiger partial charge in [0.15, 0.2) is 0 Å². The van der Waals surface area contributed by atoms with Crippen LogP contribution in [0.1, 0.15) is 0 Å². The van der Waals surface area contributed by atoms with E-state index in [9.17, 15) is 0 Å². The van der Waals surface area contributed by atoms with E-state index >= 15 is 0 Å². The Hall–Kier alpha value is -7.78. The first-order chi connectivity index (χ1) is 30.8. The molecule has 0 spiro atoms. The van der Waals surface area contributed by atoms with Crippen LogP contribution < -0.4 is 4.90 Å². The van der Waals surface area contributed by atoms with Gasteiger partial charge in [-0.05, 0) is 125 Å². The summed E-state index contributed by atoms with van der Waals surface area (Å²) in [5.74, 6) is 0. The van der Waals surface area contributed by atoms with E-state index in [1.54, 1.807) is 0 Å². The maximum absolute atomic E-state index is 2.45. The first kappa shape index (κ1) is 36.1. The average Bonchev–Trinajstić information content (AvgIpc) is 3.74. The third-order valence-corrected chi connectivity index (χ3v) is 13.6. The van der Waals surface area contributed by atoms with Crippen molar-refractivity contribution >= 4 is 80.9 Å². The summed E-state index contributed by atoms with van der Waals surface area (Å²) >= 11 is 1.86. The van der Waals surface area contributed by atoms with E-state index in [1.165, 1.54) is 97.1 Å². The molecule has 0 fully saturated rings. The second-order valence-electron chi connectivity index (χ2n) is 16.0. The van der Waals surface area contributed by atoms with Crippen LogP contribution in [0, 0.1) is 0 Å². The molecule has 0 unspecified atom stereocenters. The molecule has 0 bridgehead atoms. The van der Waals surface area contributed by atoms with Crippen LogP contribution in [0.3, 0.4) is 0 Å². The molecule has 0 N–H and O–H groups in total. The lowest BCUT2D eigenvalue weighted by molar-refractivity contribution is 1.30. The van der Waals surface area contributed by atoms with Crippen molar-refractivity contribution in [2.45, 2.75) is 0 Å². The van der Waals surface area contributed by atoms with Crippen LogP contribution in [0.15, 0.2) is 237 Å². The van der Waals surface area contributed by atoms with Crippen molar-refractivity contribution in [3.63, 3.8) is 0 Å². The van der Waals surface area contributed by atoms with Crippen molar-refractivity contribution in [1.82, 2.24) is 0 Å². The van der Waals surface area contributed by atoms with E-state index in [-0.39, 0.29) is 0 Å². The Balaban J connectivity index is 1.06. The lowest BCUT2D eigenvalue weighted by Gasteiger charge is -2.27. The molecular weight excluding hydrogens is 767 g/mol. The number of nitrogens with zero attached hydrogens (tertiary/aromatic N) is 1. The third-order valence-electron chi connectivity index (χ3n) is 12.4. The fraction of sp³-hybridized carbons (Fsp3) is 0. The molecule has 0 aliphatic heterocycles. The van der Waals surface area contributed by atoms with Crippen molar-refractivity contribution in [1.29, 1.82) is 0 Å². The van der Waals surface area contributed by atoms with E-state index in [2.05, 4.69) is 241 Å². The summed E-state index contributed by atoms with van der Waals surface area (Å²) in [5, 5.41) is 10.1. The molecule has 12 rings (SSSR count). The van der Waals surface area contributed by atoms with E-state index in [0.717, 1.165) is 16.9 Å². The molecule has 12 aromatic rings. The van der Waals surface area contributed by atoms with E-state index in [4.69, 9.17) is 0 Å². The summed E-state index contributed by atoms with van der Waals surface area (Å²) in [6.45, 7) is 0. The van der Waals surface area contributed by atoms with Crippen molar-refractivity contribution in [3.8, 4) is 44.5 Å². The van der Waals surface area contributed by atoms with Gasteiger partial charge in [-0.2, -0.15) is 0 Å². The molecule has 0 radical (unpaired) electrons. The zero-order valence-corrected chi connectivity index (χ0v) is 34.7. The van der Waals surface area contributed by atoms with Gasteiger partial charge in [0.2, 0.25) is 0 Å². The third kappa shape index (κ3) is 6.07. The van der Waals surface area contributed by atoms with E-state index in [0.29, 0.717) is 0 Å². The number of thiophene rings is 1. The highest BCUT2D eigenvalue weighted by atomic mass is 32.1. The molecule has 0 amide bonds. The first-order valence-corrected chi connectivity index (χ1v) is 22.1. The van der Waals surface area contributed by atoms with Gasteiger partial charge >= 0.3 is 0 Å².